The molecule has 1 unspecified atom stereocenters. The maximum atomic E-state index is 3.63. The van der Waals surface area contributed by atoms with Crippen LogP contribution in [-0.4, -0.2) is 32.1 Å². The molecule has 0 heterocycles. The van der Waals surface area contributed by atoms with Crippen LogP contribution in [-0.2, 0) is 0 Å². The molecule has 3 heteroatoms. The summed E-state index contributed by atoms with van der Waals surface area (Å²) < 4.78 is 1.29. The molecule has 0 aromatic heterocycles. The normalized spacial score (nSPS) is 13.9. The van der Waals surface area contributed by atoms with Crippen LogP contribution in [0.25, 0.3) is 0 Å². The Morgan fingerprint density at radius 1 is 1.22 bits per heavy atom. The van der Waals surface area contributed by atoms with Crippen molar-refractivity contribution < 1.29 is 0 Å². The van der Waals surface area contributed by atoms with Gasteiger partial charge in [0.1, 0.15) is 0 Å². The molecular formula is C15H25IN2. The molecule has 18 heavy (non-hydrogen) atoms. The Hall–Kier alpha value is -0.130. The first-order valence-corrected chi connectivity index (χ1v) is 7.52. The molecule has 1 aromatic carbocycles. The summed E-state index contributed by atoms with van der Waals surface area (Å²) in [6, 6.07) is 9.15. The fourth-order valence-electron chi connectivity index (χ4n) is 2.21. The zero-order chi connectivity index (χ0) is 13.8. The molecule has 0 fully saturated rings. The fraction of sp³-hybridized carbons (Fsp3) is 0.600. The van der Waals surface area contributed by atoms with E-state index in [0.717, 1.165) is 13.1 Å². The van der Waals surface area contributed by atoms with Gasteiger partial charge in [-0.15, -0.1) is 0 Å². The van der Waals surface area contributed by atoms with Gasteiger partial charge in [-0.2, -0.15) is 0 Å². The molecule has 0 aliphatic rings. The van der Waals surface area contributed by atoms with Gasteiger partial charge < -0.3 is 10.2 Å². The van der Waals surface area contributed by atoms with Crippen LogP contribution < -0.4 is 5.32 Å². The van der Waals surface area contributed by atoms with E-state index in [9.17, 15) is 0 Å². The summed E-state index contributed by atoms with van der Waals surface area (Å²) in [5, 5.41) is 3.63. The quantitative estimate of drug-likeness (QED) is 0.781. The lowest BCUT2D eigenvalue weighted by Crippen LogP contribution is -2.38. The Labute approximate surface area is 125 Å². The third kappa shape index (κ3) is 5.67. The van der Waals surface area contributed by atoms with E-state index in [1.807, 2.05) is 0 Å². The smallest absolute Gasteiger partial charge is 0.0292 e. The number of hydrogen-bond acceptors (Lipinski definition) is 2. The van der Waals surface area contributed by atoms with Crippen molar-refractivity contribution in [3.8, 4) is 0 Å². The van der Waals surface area contributed by atoms with Crippen LogP contribution in [0.5, 0.6) is 0 Å². The molecule has 102 valence electrons. The Morgan fingerprint density at radius 3 is 2.28 bits per heavy atom. The van der Waals surface area contributed by atoms with E-state index in [-0.39, 0.29) is 0 Å². The first-order chi connectivity index (χ1) is 8.30. The van der Waals surface area contributed by atoms with Crippen LogP contribution in [0.1, 0.15) is 32.4 Å². The van der Waals surface area contributed by atoms with Crippen LogP contribution in [0, 0.1) is 8.99 Å². The summed E-state index contributed by atoms with van der Waals surface area (Å²) >= 11 is 2.34. The Morgan fingerprint density at radius 2 is 1.78 bits per heavy atom. The zero-order valence-electron chi connectivity index (χ0n) is 12.1. The summed E-state index contributed by atoms with van der Waals surface area (Å²) in [6.07, 6.45) is 0. The lowest BCUT2D eigenvalue weighted by molar-refractivity contribution is 0.227. The van der Waals surface area contributed by atoms with E-state index in [4.69, 9.17) is 0 Å². The molecule has 0 radical (unpaired) electrons. The lowest BCUT2D eigenvalue weighted by Gasteiger charge is -2.30. The monoisotopic (exact) mass is 360 g/mol. The fourth-order valence-corrected chi connectivity index (χ4v) is 2.57. The molecule has 0 amide bonds. The minimum atomic E-state index is 0.293. The Balaban J connectivity index is 2.50. The maximum absolute atomic E-state index is 3.63. The molecule has 0 saturated carbocycles. The third-order valence-electron chi connectivity index (χ3n) is 3.00. The van der Waals surface area contributed by atoms with Gasteiger partial charge in [0.2, 0.25) is 0 Å². The number of halogens is 1. The van der Waals surface area contributed by atoms with E-state index in [1.54, 1.807) is 0 Å². The van der Waals surface area contributed by atoms with Gasteiger partial charge in [-0.1, -0.05) is 26.0 Å². The summed E-state index contributed by atoms with van der Waals surface area (Å²) in [7, 11) is 4.26. The Kier molecular flexibility index (Phi) is 6.08. The van der Waals surface area contributed by atoms with Crippen molar-refractivity contribution >= 4 is 22.6 Å². The van der Waals surface area contributed by atoms with E-state index >= 15 is 0 Å². The second-order valence-corrected chi connectivity index (χ2v) is 7.30. The molecule has 0 spiro atoms. The number of rotatable bonds is 6. The van der Waals surface area contributed by atoms with Gasteiger partial charge in [-0.05, 0) is 66.7 Å². The predicted molar refractivity (Wildman–Crippen MR) is 87.9 cm³/mol. The molecule has 0 bridgehead atoms. The standard InChI is InChI=1S/C15H25IN2/c1-12(13-6-8-14(16)9-7-13)17-10-15(2,3)11-18(4)5/h6-9,12,17H,10-11H2,1-5H3. The molecule has 1 atom stereocenters. The van der Waals surface area contributed by atoms with Crippen molar-refractivity contribution in [3.63, 3.8) is 0 Å². The van der Waals surface area contributed by atoms with Gasteiger partial charge in [-0.25, -0.2) is 0 Å². The molecule has 0 aliphatic carbocycles. The van der Waals surface area contributed by atoms with Gasteiger partial charge in [0.25, 0.3) is 0 Å². The minimum Gasteiger partial charge on any atom is -0.310 e. The molecule has 1 rings (SSSR count). The SMILES string of the molecule is CC(NCC(C)(C)CN(C)C)c1ccc(I)cc1. The average molecular weight is 360 g/mol. The third-order valence-corrected chi connectivity index (χ3v) is 3.72. The highest BCUT2D eigenvalue weighted by atomic mass is 127. The number of hydrogen-bond donors (Lipinski definition) is 1. The molecule has 0 aliphatic heterocycles. The number of nitrogens with zero attached hydrogens (tertiary/aromatic N) is 1. The van der Waals surface area contributed by atoms with Crippen LogP contribution in [0.3, 0.4) is 0 Å². The number of nitrogens with one attached hydrogen (secondary N) is 1. The maximum Gasteiger partial charge on any atom is 0.0292 e. The van der Waals surface area contributed by atoms with Crippen LogP contribution in [0.15, 0.2) is 24.3 Å². The first-order valence-electron chi connectivity index (χ1n) is 6.44. The molecule has 1 N–H and O–H groups in total. The second-order valence-electron chi connectivity index (χ2n) is 6.06. The Bertz CT molecular complexity index is 357. The van der Waals surface area contributed by atoms with Crippen molar-refractivity contribution in [1.82, 2.24) is 10.2 Å². The topological polar surface area (TPSA) is 15.3 Å². The first kappa shape index (κ1) is 15.9. The lowest BCUT2D eigenvalue weighted by atomic mass is 9.92. The summed E-state index contributed by atoms with van der Waals surface area (Å²) in [4.78, 5) is 2.25. The van der Waals surface area contributed by atoms with Crippen molar-refractivity contribution in [2.75, 3.05) is 27.2 Å². The average Bonchev–Trinajstić information content (AvgIpc) is 2.25. The molecule has 1 aromatic rings. The van der Waals surface area contributed by atoms with Crippen molar-refractivity contribution in [1.29, 1.82) is 0 Å². The van der Waals surface area contributed by atoms with Crippen molar-refractivity contribution in [3.05, 3.63) is 33.4 Å². The van der Waals surface area contributed by atoms with E-state index < -0.39 is 0 Å². The molecular weight excluding hydrogens is 335 g/mol. The summed E-state index contributed by atoms with van der Waals surface area (Å²) in [5.41, 5.74) is 1.65. The highest BCUT2D eigenvalue weighted by Gasteiger charge is 2.19. The van der Waals surface area contributed by atoms with Gasteiger partial charge >= 0.3 is 0 Å². The van der Waals surface area contributed by atoms with E-state index in [2.05, 4.69) is 91.9 Å². The predicted octanol–water partition coefficient (Wildman–Crippen LogP) is 3.53. The van der Waals surface area contributed by atoms with Crippen molar-refractivity contribution in [2.45, 2.75) is 26.8 Å². The van der Waals surface area contributed by atoms with Crippen LogP contribution >= 0.6 is 22.6 Å². The number of benzene rings is 1. The van der Waals surface area contributed by atoms with E-state index in [1.165, 1.54) is 9.13 Å². The minimum absolute atomic E-state index is 0.293. The molecule has 2 nitrogen and oxygen atoms in total. The zero-order valence-corrected chi connectivity index (χ0v) is 14.3. The summed E-state index contributed by atoms with van der Waals surface area (Å²) in [5.74, 6) is 0. The van der Waals surface area contributed by atoms with Crippen LogP contribution in [0.4, 0.5) is 0 Å². The summed E-state index contributed by atoms with van der Waals surface area (Å²) in [6.45, 7) is 8.97. The van der Waals surface area contributed by atoms with Gasteiger partial charge in [0.15, 0.2) is 0 Å². The largest absolute Gasteiger partial charge is 0.310 e. The molecule has 0 saturated heterocycles. The van der Waals surface area contributed by atoms with Gasteiger partial charge in [0, 0.05) is 22.7 Å². The van der Waals surface area contributed by atoms with E-state index in [0.29, 0.717) is 11.5 Å². The van der Waals surface area contributed by atoms with Gasteiger partial charge in [0.05, 0.1) is 0 Å². The van der Waals surface area contributed by atoms with Crippen molar-refractivity contribution in [2.24, 2.45) is 5.41 Å². The second kappa shape index (κ2) is 6.87. The highest BCUT2D eigenvalue weighted by Crippen LogP contribution is 2.18. The van der Waals surface area contributed by atoms with Gasteiger partial charge in [-0.3, -0.25) is 0 Å². The highest BCUT2D eigenvalue weighted by molar-refractivity contribution is 14.1. The van der Waals surface area contributed by atoms with Crippen LogP contribution in [0.2, 0.25) is 0 Å².